The van der Waals surface area contributed by atoms with Crippen LogP contribution in [0, 0.1) is 11.3 Å². The van der Waals surface area contributed by atoms with Crippen molar-refractivity contribution < 1.29 is 8.42 Å². The molecule has 0 atom stereocenters. The van der Waals surface area contributed by atoms with Gasteiger partial charge in [0.1, 0.15) is 5.82 Å². The summed E-state index contributed by atoms with van der Waals surface area (Å²) in [7, 11) is -3.60. The molecule has 21 heavy (non-hydrogen) atoms. The molecule has 0 saturated carbocycles. The van der Waals surface area contributed by atoms with E-state index in [0.29, 0.717) is 23.3 Å². The van der Waals surface area contributed by atoms with E-state index in [2.05, 4.69) is 4.98 Å². The van der Waals surface area contributed by atoms with Crippen molar-refractivity contribution in [2.45, 2.75) is 18.2 Å². The van der Waals surface area contributed by atoms with Gasteiger partial charge in [-0.2, -0.15) is 9.57 Å². The molecule has 2 N–H and O–H groups in total. The maximum Gasteiger partial charge on any atom is 0.243 e. The Bertz CT molecular complexity index is 796. The Balaban J connectivity index is 2.44. The molecule has 0 aliphatic heterocycles. The summed E-state index contributed by atoms with van der Waals surface area (Å²) in [6.07, 6.45) is 0.165. The summed E-state index contributed by atoms with van der Waals surface area (Å²) in [5.41, 5.74) is 6.25. The third kappa shape index (κ3) is 3.12. The van der Waals surface area contributed by atoms with Crippen LogP contribution in [0.1, 0.15) is 13.3 Å². The van der Waals surface area contributed by atoms with Gasteiger partial charge in [-0.1, -0.05) is 6.92 Å². The monoisotopic (exact) mass is 304 g/mol. The van der Waals surface area contributed by atoms with Crippen molar-refractivity contribution >= 4 is 26.7 Å². The normalized spacial score (nSPS) is 11.7. The van der Waals surface area contributed by atoms with Crippen LogP contribution in [0.5, 0.6) is 0 Å². The first-order valence-corrected chi connectivity index (χ1v) is 7.96. The molecule has 110 valence electrons. The molecule has 2 aromatic rings. The van der Waals surface area contributed by atoms with E-state index in [1.165, 1.54) is 10.4 Å². The molecule has 1 aromatic carbocycles. The van der Waals surface area contributed by atoms with Crippen molar-refractivity contribution in [3.8, 4) is 6.07 Å². The van der Waals surface area contributed by atoms with Crippen molar-refractivity contribution in [2.24, 2.45) is 0 Å². The van der Waals surface area contributed by atoms with E-state index in [-0.39, 0.29) is 17.9 Å². The highest BCUT2D eigenvalue weighted by molar-refractivity contribution is 7.89. The van der Waals surface area contributed by atoms with Crippen molar-refractivity contribution in [1.29, 1.82) is 5.26 Å². The second-order valence-electron chi connectivity index (χ2n) is 4.50. The molecule has 0 aliphatic carbocycles. The van der Waals surface area contributed by atoms with E-state index in [9.17, 15) is 8.42 Å². The van der Waals surface area contributed by atoms with Gasteiger partial charge in [-0.05, 0) is 30.3 Å². The number of rotatable bonds is 5. The van der Waals surface area contributed by atoms with Gasteiger partial charge in [-0.15, -0.1) is 0 Å². The second-order valence-corrected chi connectivity index (χ2v) is 6.43. The number of nitrogens with two attached hydrogens (primary N) is 1. The Morgan fingerprint density at radius 2 is 2.10 bits per heavy atom. The molecule has 1 heterocycles. The number of fused-ring (bicyclic) bond motifs is 1. The Morgan fingerprint density at radius 3 is 2.76 bits per heavy atom. The number of hydrogen-bond acceptors (Lipinski definition) is 5. The van der Waals surface area contributed by atoms with Crippen molar-refractivity contribution in [2.75, 3.05) is 18.8 Å². The van der Waals surface area contributed by atoms with Gasteiger partial charge in [0, 0.05) is 24.9 Å². The van der Waals surface area contributed by atoms with Crippen molar-refractivity contribution in [1.82, 2.24) is 9.29 Å². The lowest BCUT2D eigenvalue weighted by molar-refractivity contribution is 0.435. The minimum atomic E-state index is -3.60. The Hall–Kier alpha value is -2.17. The summed E-state index contributed by atoms with van der Waals surface area (Å²) >= 11 is 0. The number of nitrogen functional groups attached to an aromatic ring is 1. The molecule has 0 fully saturated rings. The van der Waals surface area contributed by atoms with Crippen molar-refractivity contribution in [3.63, 3.8) is 0 Å². The molecular formula is C14H16N4O2S. The lowest BCUT2D eigenvalue weighted by atomic mass is 10.2. The lowest BCUT2D eigenvalue weighted by Crippen LogP contribution is -2.31. The summed E-state index contributed by atoms with van der Waals surface area (Å²) in [4.78, 5) is 4.34. The average Bonchev–Trinajstić information content (AvgIpc) is 2.47. The first-order chi connectivity index (χ1) is 9.98. The standard InChI is InChI=1S/C14H16N4O2S/c1-2-18(9-3-8-15)21(19,20)12-5-6-13-11(10-12)4-7-14(16)17-13/h4-7,10H,2-3,9H2,1H3,(H2,16,17). The average molecular weight is 304 g/mol. The van der Waals surface area contributed by atoms with Gasteiger partial charge >= 0.3 is 0 Å². The molecule has 7 heteroatoms. The fourth-order valence-corrected chi connectivity index (χ4v) is 3.54. The number of aromatic nitrogens is 1. The van der Waals surface area contributed by atoms with Crippen LogP contribution in [-0.4, -0.2) is 30.8 Å². The molecule has 0 aliphatic rings. The second kappa shape index (κ2) is 6.08. The third-order valence-corrected chi connectivity index (χ3v) is 5.12. The zero-order chi connectivity index (χ0) is 15.5. The molecule has 6 nitrogen and oxygen atoms in total. The highest BCUT2D eigenvalue weighted by Crippen LogP contribution is 2.21. The minimum Gasteiger partial charge on any atom is -0.384 e. The molecule has 0 amide bonds. The first kappa shape index (κ1) is 15.2. The van der Waals surface area contributed by atoms with E-state index < -0.39 is 10.0 Å². The first-order valence-electron chi connectivity index (χ1n) is 6.52. The Kier molecular flexibility index (Phi) is 4.40. The summed E-state index contributed by atoms with van der Waals surface area (Å²) in [5.74, 6) is 0.391. The largest absolute Gasteiger partial charge is 0.384 e. The highest BCUT2D eigenvalue weighted by atomic mass is 32.2. The van der Waals surface area contributed by atoms with Crippen LogP contribution in [0.4, 0.5) is 5.82 Å². The Labute approximate surface area is 123 Å². The maximum atomic E-state index is 12.6. The number of pyridine rings is 1. The summed E-state index contributed by atoms with van der Waals surface area (Å²) < 4.78 is 26.4. The zero-order valence-electron chi connectivity index (χ0n) is 11.7. The molecule has 0 unspecified atom stereocenters. The summed E-state index contributed by atoms with van der Waals surface area (Å²) in [6, 6.07) is 10.1. The van der Waals surface area contributed by atoms with Crippen LogP contribution >= 0.6 is 0 Å². The van der Waals surface area contributed by atoms with Crippen molar-refractivity contribution in [3.05, 3.63) is 30.3 Å². The molecule has 0 radical (unpaired) electrons. The Morgan fingerprint density at radius 1 is 1.33 bits per heavy atom. The van der Waals surface area contributed by atoms with Crippen LogP contribution in [-0.2, 0) is 10.0 Å². The third-order valence-electron chi connectivity index (χ3n) is 3.15. The topological polar surface area (TPSA) is 100 Å². The maximum absolute atomic E-state index is 12.6. The number of nitriles is 1. The van der Waals surface area contributed by atoms with Crippen LogP contribution in [0.25, 0.3) is 10.9 Å². The smallest absolute Gasteiger partial charge is 0.243 e. The van der Waals surface area contributed by atoms with Gasteiger partial charge in [0.2, 0.25) is 10.0 Å². The molecule has 0 saturated heterocycles. The van der Waals surface area contributed by atoms with Crippen LogP contribution in [0.3, 0.4) is 0 Å². The molecule has 0 bridgehead atoms. The predicted molar refractivity (Wildman–Crippen MR) is 80.8 cm³/mol. The fourth-order valence-electron chi connectivity index (χ4n) is 2.05. The SMILES string of the molecule is CCN(CCC#N)S(=O)(=O)c1ccc2nc(N)ccc2c1. The van der Waals surface area contributed by atoms with Gasteiger partial charge in [0.05, 0.1) is 16.5 Å². The van der Waals surface area contributed by atoms with Crippen LogP contribution < -0.4 is 5.73 Å². The number of hydrogen-bond donors (Lipinski definition) is 1. The van der Waals surface area contributed by atoms with Gasteiger partial charge in [-0.3, -0.25) is 0 Å². The zero-order valence-corrected chi connectivity index (χ0v) is 12.5. The van der Waals surface area contributed by atoms with E-state index >= 15 is 0 Å². The predicted octanol–water partition coefficient (Wildman–Crippen LogP) is 1.74. The van der Waals surface area contributed by atoms with E-state index in [1.807, 2.05) is 6.07 Å². The van der Waals surface area contributed by atoms with E-state index in [0.717, 1.165) is 0 Å². The molecular weight excluding hydrogens is 288 g/mol. The number of sulfonamides is 1. The molecule has 0 spiro atoms. The van der Waals surface area contributed by atoms with Gasteiger partial charge in [-0.25, -0.2) is 13.4 Å². The van der Waals surface area contributed by atoms with Crippen LogP contribution in [0.2, 0.25) is 0 Å². The number of nitrogens with zero attached hydrogens (tertiary/aromatic N) is 3. The van der Waals surface area contributed by atoms with E-state index in [4.69, 9.17) is 11.0 Å². The minimum absolute atomic E-state index is 0.165. The van der Waals surface area contributed by atoms with Gasteiger partial charge < -0.3 is 5.73 Å². The molecule has 2 rings (SSSR count). The van der Waals surface area contributed by atoms with E-state index in [1.54, 1.807) is 31.2 Å². The summed E-state index contributed by atoms with van der Waals surface area (Å²) in [5, 5.41) is 9.33. The highest BCUT2D eigenvalue weighted by Gasteiger charge is 2.22. The lowest BCUT2D eigenvalue weighted by Gasteiger charge is -2.19. The fraction of sp³-hybridized carbons (Fsp3) is 0.286. The van der Waals surface area contributed by atoms with Gasteiger partial charge in [0.15, 0.2) is 0 Å². The molecule has 1 aromatic heterocycles. The van der Waals surface area contributed by atoms with Gasteiger partial charge in [0.25, 0.3) is 0 Å². The van der Waals surface area contributed by atoms with Crippen LogP contribution in [0.15, 0.2) is 35.2 Å². The summed E-state index contributed by atoms with van der Waals surface area (Å²) in [6.45, 7) is 2.26. The number of anilines is 1. The quantitative estimate of drug-likeness (QED) is 0.906. The number of benzene rings is 1.